The Labute approximate surface area is 142 Å². The summed E-state index contributed by atoms with van der Waals surface area (Å²) in [6.45, 7) is 3.10. The van der Waals surface area contributed by atoms with E-state index in [4.69, 9.17) is 5.11 Å². The second-order valence-electron chi connectivity index (χ2n) is 5.85. The van der Waals surface area contributed by atoms with Crippen LogP contribution in [0.1, 0.15) is 33.2 Å². The summed E-state index contributed by atoms with van der Waals surface area (Å²) in [6.07, 6.45) is 5.11. The Morgan fingerprint density at radius 3 is 3.08 bits per heavy atom. The van der Waals surface area contributed by atoms with E-state index in [1.165, 1.54) is 22.9 Å². The van der Waals surface area contributed by atoms with Gasteiger partial charge in [0.05, 0.1) is 11.9 Å². The largest absolute Gasteiger partial charge is 0.476 e. The smallest absolute Gasteiger partial charge is 0.356 e. The molecule has 0 aliphatic heterocycles. The van der Waals surface area contributed by atoms with E-state index in [1.54, 1.807) is 22.2 Å². The summed E-state index contributed by atoms with van der Waals surface area (Å²) in [6, 6.07) is 1.50. The van der Waals surface area contributed by atoms with E-state index >= 15 is 0 Å². The van der Waals surface area contributed by atoms with Crippen LogP contribution in [-0.2, 0) is 19.4 Å². The van der Waals surface area contributed by atoms with E-state index in [1.807, 2.05) is 6.92 Å². The molecule has 0 radical (unpaired) electrons. The molecule has 0 saturated heterocycles. The van der Waals surface area contributed by atoms with Gasteiger partial charge in [0.15, 0.2) is 5.69 Å². The average molecular weight is 343 g/mol. The first kappa shape index (κ1) is 15.1. The highest BCUT2D eigenvalue weighted by atomic mass is 32.1. The molecule has 1 aliphatic rings. The molecule has 8 heteroatoms. The first-order valence-electron chi connectivity index (χ1n) is 7.91. The van der Waals surface area contributed by atoms with Crippen molar-refractivity contribution in [2.45, 2.75) is 32.7 Å². The number of aromatic nitrogens is 4. The molecule has 4 rings (SSSR count). The summed E-state index contributed by atoms with van der Waals surface area (Å²) in [7, 11) is 0. The molecule has 3 heterocycles. The molecule has 0 atom stereocenters. The van der Waals surface area contributed by atoms with Gasteiger partial charge < -0.3 is 10.4 Å². The summed E-state index contributed by atoms with van der Waals surface area (Å²) in [5, 5.41) is 17.5. The summed E-state index contributed by atoms with van der Waals surface area (Å²) in [5.74, 6) is 0.628. The number of nitrogens with zero attached hydrogens (tertiary/aromatic N) is 4. The molecule has 0 saturated carbocycles. The van der Waals surface area contributed by atoms with Gasteiger partial charge >= 0.3 is 5.97 Å². The third kappa shape index (κ3) is 2.62. The van der Waals surface area contributed by atoms with Crippen molar-refractivity contribution < 1.29 is 9.90 Å². The molecule has 2 N–H and O–H groups in total. The van der Waals surface area contributed by atoms with Crippen LogP contribution < -0.4 is 5.32 Å². The molecule has 0 bridgehead atoms. The van der Waals surface area contributed by atoms with Gasteiger partial charge in [-0.1, -0.05) is 0 Å². The zero-order valence-electron chi connectivity index (χ0n) is 13.2. The first-order valence-corrected chi connectivity index (χ1v) is 8.73. The van der Waals surface area contributed by atoms with Crippen LogP contribution in [0.4, 0.5) is 5.82 Å². The summed E-state index contributed by atoms with van der Waals surface area (Å²) in [4.78, 5) is 22.5. The third-order valence-corrected chi connectivity index (χ3v) is 5.36. The van der Waals surface area contributed by atoms with Gasteiger partial charge in [-0.2, -0.15) is 5.10 Å². The van der Waals surface area contributed by atoms with E-state index in [-0.39, 0.29) is 5.69 Å². The number of anilines is 1. The number of aromatic carboxylic acids is 1. The minimum Gasteiger partial charge on any atom is -0.476 e. The second kappa shape index (κ2) is 5.86. The number of carbonyl (C=O) groups is 1. The molecule has 0 spiro atoms. The van der Waals surface area contributed by atoms with Crippen LogP contribution in [0.25, 0.3) is 10.2 Å². The highest BCUT2D eigenvalue weighted by molar-refractivity contribution is 7.19. The molecule has 7 nitrogen and oxygen atoms in total. The van der Waals surface area contributed by atoms with Crippen molar-refractivity contribution in [1.82, 2.24) is 19.7 Å². The highest BCUT2D eigenvalue weighted by Gasteiger charge is 2.21. The number of rotatable bonds is 5. The molecular formula is C16H17N5O2S. The van der Waals surface area contributed by atoms with Crippen molar-refractivity contribution in [2.75, 3.05) is 11.9 Å². The molecule has 0 amide bonds. The van der Waals surface area contributed by atoms with E-state index < -0.39 is 5.97 Å². The van der Waals surface area contributed by atoms with Crippen molar-refractivity contribution in [3.05, 3.63) is 34.2 Å². The predicted octanol–water partition coefficient (Wildman–Crippen LogP) is 2.50. The molecule has 0 unspecified atom stereocenters. The predicted molar refractivity (Wildman–Crippen MR) is 91.9 cm³/mol. The van der Waals surface area contributed by atoms with Crippen LogP contribution in [0.2, 0.25) is 0 Å². The minimum absolute atomic E-state index is 0.0610. The van der Waals surface area contributed by atoms with Crippen LogP contribution in [0.3, 0.4) is 0 Å². The van der Waals surface area contributed by atoms with E-state index in [0.29, 0.717) is 13.1 Å². The molecule has 0 aromatic carbocycles. The fourth-order valence-corrected chi connectivity index (χ4v) is 4.43. The maximum absolute atomic E-state index is 10.9. The Kier molecular flexibility index (Phi) is 3.68. The summed E-state index contributed by atoms with van der Waals surface area (Å²) in [5.41, 5.74) is 1.45. The normalized spacial score (nSPS) is 13.4. The fraction of sp³-hybridized carbons (Fsp3) is 0.375. The average Bonchev–Trinajstić information content (AvgIpc) is 3.21. The van der Waals surface area contributed by atoms with Gasteiger partial charge in [-0.05, 0) is 37.8 Å². The molecule has 3 aromatic heterocycles. The van der Waals surface area contributed by atoms with Gasteiger partial charge in [0.1, 0.15) is 16.5 Å². The molecule has 124 valence electrons. The van der Waals surface area contributed by atoms with E-state index in [2.05, 4.69) is 20.4 Å². The highest BCUT2D eigenvalue weighted by Crippen LogP contribution is 2.39. The topological polar surface area (TPSA) is 92.9 Å². The molecule has 1 aliphatic carbocycles. The number of hydrogen-bond acceptors (Lipinski definition) is 6. The van der Waals surface area contributed by atoms with Gasteiger partial charge in [0.25, 0.3) is 0 Å². The van der Waals surface area contributed by atoms with Gasteiger partial charge in [-0.3, -0.25) is 4.68 Å². The lowest BCUT2D eigenvalue weighted by molar-refractivity contribution is 0.0689. The Bertz CT molecular complexity index is 930. The number of nitrogens with one attached hydrogen (secondary N) is 1. The minimum atomic E-state index is -1.01. The number of fused-ring (bicyclic) bond motifs is 3. The fourth-order valence-electron chi connectivity index (χ4n) is 3.12. The molecule has 24 heavy (non-hydrogen) atoms. The summed E-state index contributed by atoms with van der Waals surface area (Å²) >= 11 is 1.78. The third-order valence-electron chi connectivity index (χ3n) is 4.17. The first-order chi connectivity index (χ1) is 11.6. The van der Waals surface area contributed by atoms with E-state index in [9.17, 15) is 4.79 Å². The van der Waals surface area contributed by atoms with Gasteiger partial charge in [0.2, 0.25) is 0 Å². The monoisotopic (exact) mass is 343 g/mol. The lowest BCUT2D eigenvalue weighted by Gasteiger charge is -2.09. The zero-order chi connectivity index (χ0) is 16.7. The Balaban J connectivity index is 1.54. The number of aryl methyl sites for hydroxylation is 3. The van der Waals surface area contributed by atoms with Crippen LogP contribution in [-0.4, -0.2) is 37.4 Å². The van der Waals surface area contributed by atoms with Gasteiger partial charge in [-0.15, -0.1) is 11.3 Å². The van der Waals surface area contributed by atoms with Crippen molar-refractivity contribution in [2.24, 2.45) is 0 Å². The molecular weight excluding hydrogens is 326 g/mol. The molecule has 0 fully saturated rings. The number of carboxylic acid groups (broad SMARTS) is 1. The molecule has 3 aromatic rings. The van der Waals surface area contributed by atoms with Crippen LogP contribution in [0, 0.1) is 6.92 Å². The number of hydrogen-bond donors (Lipinski definition) is 2. The Hall–Kier alpha value is -2.48. The van der Waals surface area contributed by atoms with Crippen molar-refractivity contribution in [3.63, 3.8) is 0 Å². The Morgan fingerprint density at radius 2 is 2.29 bits per heavy atom. The van der Waals surface area contributed by atoms with Crippen LogP contribution in [0.15, 0.2) is 12.3 Å². The van der Waals surface area contributed by atoms with Crippen molar-refractivity contribution in [3.8, 4) is 0 Å². The lowest BCUT2D eigenvalue weighted by Crippen LogP contribution is -2.13. The Morgan fingerprint density at radius 1 is 1.42 bits per heavy atom. The zero-order valence-corrected chi connectivity index (χ0v) is 14.1. The quantitative estimate of drug-likeness (QED) is 0.739. The van der Waals surface area contributed by atoms with Crippen molar-refractivity contribution in [1.29, 1.82) is 0 Å². The van der Waals surface area contributed by atoms with Gasteiger partial charge in [0, 0.05) is 17.6 Å². The van der Waals surface area contributed by atoms with Crippen LogP contribution in [0.5, 0.6) is 0 Å². The maximum atomic E-state index is 10.9. The number of carboxylic acids is 1. The SMILES string of the molecule is Cc1nc(NCCn2ccc(C(=O)O)n2)c2c3c(sc2n1)CCC3. The van der Waals surface area contributed by atoms with Crippen LogP contribution >= 0.6 is 11.3 Å². The number of thiophene rings is 1. The standard InChI is InChI=1S/C16H17N5O2S/c1-9-18-14(13-10-3-2-4-12(10)24-15(13)19-9)17-6-8-21-7-5-11(20-21)16(22)23/h5,7H,2-4,6,8H2,1H3,(H,22,23)(H,17,18,19). The second-order valence-corrected chi connectivity index (χ2v) is 6.94. The van der Waals surface area contributed by atoms with Crippen molar-refractivity contribution >= 4 is 33.3 Å². The lowest BCUT2D eigenvalue weighted by atomic mass is 10.2. The van der Waals surface area contributed by atoms with E-state index in [0.717, 1.165) is 34.7 Å². The summed E-state index contributed by atoms with van der Waals surface area (Å²) < 4.78 is 1.62. The van der Waals surface area contributed by atoms with Gasteiger partial charge in [-0.25, -0.2) is 14.8 Å². The maximum Gasteiger partial charge on any atom is 0.356 e.